The van der Waals surface area contributed by atoms with Crippen molar-refractivity contribution in [3.63, 3.8) is 0 Å². The molecule has 1 unspecified atom stereocenters. The number of anilines is 1. The quantitative estimate of drug-likeness (QED) is 0.219. The van der Waals surface area contributed by atoms with Gasteiger partial charge in [-0.25, -0.2) is 4.79 Å². The van der Waals surface area contributed by atoms with E-state index in [0.29, 0.717) is 35.6 Å². The lowest BCUT2D eigenvalue weighted by atomic mass is 10.0. The highest BCUT2D eigenvalue weighted by Gasteiger charge is 2.20. The van der Waals surface area contributed by atoms with Crippen molar-refractivity contribution in [2.45, 2.75) is 59.2 Å². The highest BCUT2D eigenvalue weighted by atomic mass is 16.7. The minimum atomic E-state index is -0.997. The van der Waals surface area contributed by atoms with Gasteiger partial charge in [-0.05, 0) is 44.0 Å². The summed E-state index contributed by atoms with van der Waals surface area (Å²) in [5.41, 5.74) is 1.19. The highest BCUT2D eigenvalue weighted by molar-refractivity contribution is 6.37. The van der Waals surface area contributed by atoms with Gasteiger partial charge in [0.15, 0.2) is 5.78 Å². The van der Waals surface area contributed by atoms with E-state index in [4.69, 9.17) is 9.47 Å². The number of carbonyl (C=O) groups is 3. The number of benzene rings is 2. The molecule has 1 amide bonds. The van der Waals surface area contributed by atoms with Crippen molar-refractivity contribution in [1.82, 2.24) is 0 Å². The van der Waals surface area contributed by atoms with Gasteiger partial charge in [-0.2, -0.15) is 0 Å². The van der Waals surface area contributed by atoms with Crippen molar-refractivity contribution in [2.24, 2.45) is 0 Å². The molecule has 1 atom stereocenters. The molecule has 0 radical (unpaired) electrons. The lowest BCUT2D eigenvalue weighted by molar-refractivity contribution is -0.150. The van der Waals surface area contributed by atoms with E-state index >= 15 is 0 Å². The van der Waals surface area contributed by atoms with E-state index in [-0.39, 0.29) is 17.1 Å². The second-order valence-electron chi connectivity index (χ2n) is 7.53. The van der Waals surface area contributed by atoms with E-state index in [1.165, 1.54) is 6.92 Å². The van der Waals surface area contributed by atoms with Gasteiger partial charge in [0.25, 0.3) is 0 Å². The summed E-state index contributed by atoms with van der Waals surface area (Å²) in [6.45, 7) is 5.43. The molecule has 0 aliphatic rings. The van der Waals surface area contributed by atoms with E-state index < -0.39 is 18.2 Å². The van der Waals surface area contributed by atoms with E-state index in [1.807, 2.05) is 6.92 Å². The molecule has 0 aliphatic carbocycles. The summed E-state index contributed by atoms with van der Waals surface area (Å²) in [6.07, 6.45) is 2.97. The van der Waals surface area contributed by atoms with Gasteiger partial charge in [0.1, 0.15) is 17.2 Å². The fourth-order valence-electron chi connectivity index (χ4n) is 3.23. The third kappa shape index (κ3) is 7.24. The number of aromatic hydroxyl groups is 1. The van der Waals surface area contributed by atoms with Crippen LogP contribution in [-0.4, -0.2) is 36.2 Å². The Morgan fingerprint density at radius 3 is 2.45 bits per heavy atom. The third-order valence-electron chi connectivity index (χ3n) is 4.90. The number of esters is 1. The number of nitrogens with one attached hydrogen (secondary N) is 1. The van der Waals surface area contributed by atoms with Crippen LogP contribution in [0.25, 0.3) is 0 Å². The van der Waals surface area contributed by atoms with Crippen LogP contribution in [0.4, 0.5) is 5.69 Å². The Labute approximate surface area is 193 Å². The van der Waals surface area contributed by atoms with Gasteiger partial charge in [-0.3, -0.25) is 9.59 Å². The molecule has 0 aliphatic heterocycles. The number of rotatable bonds is 11. The van der Waals surface area contributed by atoms with Crippen LogP contribution in [0.15, 0.2) is 36.4 Å². The standard InChI is InChI=1S/C25H31NO7/c1-5-7-12-22(32-18-11-8-10-17(15-18)26-24(29)25(30)31-4)33-21-14-13-19(16(3)27)23(28)20(21)9-6-2/h8,10-11,13-15,22,28H,5-7,9,12H2,1-4H3,(H,26,29). The molecule has 178 valence electrons. The zero-order valence-electron chi connectivity index (χ0n) is 19.5. The molecular weight excluding hydrogens is 426 g/mol. The molecule has 33 heavy (non-hydrogen) atoms. The summed E-state index contributed by atoms with van der Waals surface area (Å²) in [5, 5.41) is 13.1. The number of phenolic OH excluding ortho intramolecular Hbond substituents is 1. The van der Waals surface area contributed by atoms with Crippen molar-refractivity contribution in [2.75, 3.05) is 12.4 Å². The Morgan fingerprint density at radius 2 is 1.82 bits per heavy atom. The van der Waals surface area contributed by atoms with Crippen LogP contribution in [0, 0.1) is 0 Å². The van der Waals surface area contributed by atoms with Crippen LogP contribution in [0.3, 0.4) is 0 Å². The molecule has 0 spiro atoms. The minimum absolute atomic E-state index is 0.0661. The Morgan fingerprint density at radius 1 is 1.06 bits per heavy atom. The van der Waals surface area contributed by atoms with Crippen molar-refractivity contribution in [1.29, 1.82) is 0 Å². The van der Waals surface area contributed by atoms with Gasteiger partial charge in [-0.1, -0.05) is 32.8 Å². The maximum absolute atomic E-state index is 11.8. The Balaban J connectivity index is 2.27. The fraction of sp³-hybridized carbons (Fsp3) is 0.400. The number of unbranched alkanes of at least 4 members (excludes halogenated alkanes) is 1. The largest absolute Gasteiger partial charge is 0.507 e. The summed E-state index contributed by atoms with van der Waals surface area (Å²) < 4.78 is 16.6. The summed E-state index contributed by atoms with van der Waals surface area (Å²) in [6, 6.07) is 9.80. The lowest BCUT2D eigenvalue weighted by Crippen LogP contribution is -2.25. The average molecular weight is 458 g/mol. The topological polar surface area (TPSA) is 111 Å². The number of ether oxygens (including phenoxy) is 3. The minimum Gasteiger partial charge on any atom is -0.507 e. The number of phenols is 1. The number of hydrogen-bond acceptors (Lipinski definition) is 7. The van der Waals surface area contributed by atoms with Gasteiger partial charge in [0, 0.05) is 23.7 Å². The molecule has 8 heteroatoms. The Hall–Kier alpha value is -3.55. The number of carbonyl (C=O) groups excluding carboxylic acids is 3. The normalized spacial score (nSPS) is 11.4. The Kier molecular flexibility index (Phi) is 9.72. The fourth-order valence-corrected chi connectivity index (χ4v) is 3.23. The smallest absolute Gasteiger partial charge is 0.396 e. The van der Waals surface area contributed by atoms with Gasteiger partial charge in [0.2, 0.25) is 6.29 Å². The van der Waals surface area contributed by atoms with Crippen LogP contribution < -0.4 is 14.8 Å². The molecule has 0 saturated carbocycles. The maximum atomic E-state index is 11.8. The summed E-state index contributed by atoms with van der Waals surface area (Å²) in [5.74, 6) is -1.29. The molecule has 2 aromatic rings. The first-order valence-corrected chi connectivity index (χ1v) is 11.0. The van der Waals surface area contributed by atoms with E-state index in [2.05, 4.69) is 17.0 Å². The van der Waals surface area contributed by atoms with Crippen molar-refractivity contribution < 1.29 is 33.7 Å². The molecule has 2 aromatic carbocycles. The molecular formula is C25H31NO7. The molecule has 2 N–H and O–H groups in total. The van der Waals surface area contributed by atoms with Crippen LogP contribution in [-0.2, 0) is 20.7 Å². The zero-order chi connectivity index (χ0) is 24.4. The van der Waals surface area contributed by atoms with E-state index in [0.717, 1.165) is 26.4 Å². The van der Waals surface area contributed by atoms with Crippen LogP contribution in [0.5, 0.6) is 17.2 Å². The summed E-state index contributed by atoms with van der Waals surface area (Å²) in [7, 11) is 1.13. The summed E-state index contributed by atoms with van der Waals surface area (Å²) >= 11 is 0. The maximum Gasteiger partial charge on any atom is 0.396 e. The highest BCUT2D eigenvalue weighted by Crippen LogP contribution is 2.34. The first kappa shape index (κ1) is 25.7. The number of methoxy groups -OCH3 is 1. The molecule has 0 fully saturated rings. The molecule has 0 heterocycles. The predicted molar refractivity (Wildman–Crippen MR) is 124 cm³/mol. The Bertz CT molecular complexity index is 987. The first-order chi connectivity index (χ1) is 15.8. The third-order valence-corrected chi connectivity index (χ3v) is 4.90. The molecule has 8 nitrogen and oxygen atoms in total. The van der Waals surface area contributed by atoms with Gasteiger partial charge in [0.05, 0.1) is 12.7 Å². The second kappa shape index (κ2) is 12.5. The molecule has 0 aromatic heterocycles. The average Bonchev–Trinajstić information content (AvgIpc) is 2.79. The predicted octanol–water partition coefficient (Wildman–Crippen LogP) is 4.63. The number of ketones is 1. The van der Waals surface area contributed by atoms with Gasteiger partial charge >= 0.3 is 11.9 Å². The van der Waals surface area contributed by atoms with E-state index in [1.54, 1.807) is 36.4 Å². The van der Waals surface area contributed by atoms with Gasteiger partial charge < -0.3 is 24.6 Å². The van der Waals surface area contributed by atoms with Crippen LogP contribution in [0.2, 0.25) is 0 Å². The molecule has 0 bridgehead atoms. The number of Topliss-reactive ketones (excluding diaryl/α,β-unsaturated/α-hetero) is 1. The van der Waals surface area contributed by atoms with Crippen molar-refractivity contribution in [3.8, 4) is 17.2 Å². The second-order valence-corrected chi connectivity index (χ2v) is 7.53. The number of amides is 1. The van der Waals surface area contributed by atoms with Crippen LogP contribution in [0.1, 0.15) is 62.4 Å². The van der Waals surface area contributed by atoms with Crippen LogP contribution >= 0.6 is 0 Å². The van der Waals surface area contributed by atoms with Gasteiger partial charge in [-0.15, -0.1) is 0 Å². The van der Waals surface area contributed by atoms with Crippen molar-refractivity contribution in [3.05, 3.63) is 47.5 Å². The monoisotopic (exact) mass is 457 g/mol. The molecule has 0 saturated heterocycles. The van der Waals surface area contributed by atoms with E-state index in [9.17, 15) is 19.5 Å². The van der Waals surface area contributed by atoms with Crippen molar-refractivity contribution >= 4 is 23.3 Å². The first-order valence-electron chi connectivity index (χ1n) is 11.0. The summed E-state index contributed by atoms with van der Waals surface area (Å²) in [4.78, 5) is 34.9. The zero-order valence-corrected chi connectivity index (χ0v) is 19.5. The number of hydrogen-bond donors (Lipinski definition) is 2. The SMILES string of the molecule is CCCCC(Oc1cccc(NC(=O)C(=O)OC)c1)Oc1ccc(C(C)=O)c(O)c1CCC. The lowest BCUT2D eigenvalue weighted by Gasteiger charge is -2.23. The molecule has 2 rings (SSSR count).